The van der Waals surface area contributed by atoms with Crippen LogP contribution in [-0.4, -0.2) is 279 Å². The number of aromatic nitrogens is 1. The van der Waals surface area contributed by atoms with Gasteiger partial charge in [0.05, 0.1) is 31.8 Å². The van der Waals surface area contributed by atoms with Crippen LogP contribution in [0.1, 0.15) is 79.8 Å². The van der Waals surface area contributed by atoms with Crippen LogP contribution in [0.5, 0.6) is 11.5 Å². The van der Waals surface area contributed by atoms with E-state index in [-0.39, 0.29) is 56.4 Å². The van der Waals surface area contributed by atoms with E-state index < -0.39 is 211 Å². The third-order valence-corrected chi connectivity index (χ3v) is 22.6. The quantitative estimate of drug-likeness (QED) is 0.0432. The Bertz CT molecular complexity index is 5010. The molecule has 1 aliphatic rings. The van der Waals surface area contributed by atoms with Gasteiger partial charge in [0.1, 0.15) is 78.0 Å². The van der Waals surface area contributed by atoms with Gasteiger partial charge in [0.2, 0.25) is 88.6 Å². The zero-order valence-corrected chi connectivity index (χ0v) is 72.9. The first kappa shape index (κ1) is 98.7. The topological polar surface area (TPSA) is 526 Å². The van der Waals surface area contributed by atoms with Gasteiger partial charge in [-0.25, -0.2) is 0 Å². The minimum atomic E-state index is -1.91. The summed E-state index contributed by atoms with van der Waals surface area (Å²) in [5.41, 5.74) is 15.2. The number of primary amides is 1. The number of carbonyl (C=O) groups excluding carboxylic acids is 15. The molecule has 11 atom stereocenters. The number of fused-ring (bicyclic) bond motifs is 1. The molecule has 1 saturated heterocycles. The smallest absolute Gasteiger partial charge is 0.305 e. The number of nitrogens with one attached hydrogen (secondary N) is 10. The van der Waals surface area contributed by atoms with E-state index in [2.05, 4.69) is 52.8 Å². The SMILES string of the molecule is CCCC[C@H]1C(=O)N(C)CC(=O)N[C@@H](CC(=O)O)C(=O)N[C@@H](C(C)C)C(=O)N(C)[C@@H](Cc2ccccc2)C(=O)N[C@@H](Cc2ccc(O)cc2)C(=O)N(C)CC(=O)N[C@@H](Cc2c[nH]c3ccccc23)C(=O)NC(Cc2ccc(O)cc2)C(=O)N[C@@H](CN)C(=O)N[C@H](C(=O)NCC(N)=O)CSCC(=O)N[C@@H](Cc2ccccc2)C(=O)N(C)[C@@H](Cc2ccccc2)C(=O)N1C. The zero-order chi connectivity index (χ0) is 92.7. The predicted octanol–water partition coefficient (Wildman–Crippen LogP) is 0.239. The molecule has 8 rings (SSSR count). The molecule has 37 heteroatoms. The van der Waals surface area contributed by atoms with Gasteiger partial charge < -0.3 is 104 Å². The highest BCUT2D eigenvalue weighted by atomic mass is 32.2. The number of carboxylic acid groups (broad SMARTS) is 1. The number of hydrogen-bond donors (Lipinski definition) is 15. The molecular formula is C90H113N17O19S. The molecule has 15 amide bonds. The molecular weight excluding hydrogens is 1660 g/mol. The number of para-hydroxylation sites is 1. The number of nitrogens with two attached hydrogens (primary N) is 2. The van der Waals surface area contributed by atoms with Crippen LogP contribution in [0, 0.1) is 5.92 Å². The van der Waals surface area contributed by atoms with Gasteiger partial charge in [0.25, 0.3) is 0 Å². The Labute approximate surface area is 739 Å². The van der Waals surface area contributed by atoms with Crippen LogP contribution < -0.4 is 59.3 Å². The van der Waals surface area contributed by atoms with Gasteiger partial charge in [0.15, 0.2) is 0 Å². The number of phenolic OH excluding ortho intramolecular Hbond substituents is 2. The number of carboxylic acids is 1. The Morgan fingerprint density at radius 2 is 0.906 bits per heavy atom. The highest BCUT2D eigenvalue weighted by Gasteiger charge is 2.42. The number of aromatic hydroxyl groups is 2. The van der Waals surface area contributed by atoms with Gasteiger partial charge in [-0.15, -0.1) is 11.8 Å². The number of phenols is 2. The van der Waals surface area contributed by atoms with Crippen LogP contribution in [0.25, 0.3) is 10.9 Å². The fourth-order valence-corrected chi connectivity index (χ4v) is 15.3. The van der Waals surface area contributed by atoms with E-state index in [4.69, 9.17) is 11.5 Å². The first-order valence-corrected chi connectivity index (χ1v) is 42.7. The summed E-state index contributed by atoms with van der Waals surface area (Å²) >= 11 is 0.791. The van der Waals surface area contributed by atoms with Crippen LogP contribution in [0.4, 0.5) is 0 Å². The van der Waals surface area contributed by atoms with Crippen LogP contribution in [-0.2, 0) is 115 Å². The summed E-state index contributed by atoms with van der Waals surface area (Å²) in [6.45, 7) is 1.98. The summed E-state index contributed by atoms with van der Waals surface area (Å²) in [5.74, 6) is -17.6. The maximum absolute atomic E-state index is 15.5. The number of likely N-dealkylation sites (N-methyl/N-ethyl adjacent to an activating group) is 5. The third kappa shape index (κ3) is 29.5. The molecule has 1 fully saturated rings. The fourth-order valence-electron chi connectivity index (χ4n) is 14.5. The third-order valence-electron chi connectivity index (χ3n) is 21.6. The summed E-state index contributed by atoms with van der Waals surface area (Å²) in [5, 5.41) is 54.9. The zero-order valence-electron chi connectivity index (χ0n) is 72.1. The lowest BCUT2D eigenvalue weighted by atomic mass is 9.98. The van der Waals surface area contributed by atoms with Crippen LogP contribution in [0.3, 0.4) is 0 Å². The number of unbranched alkanes of at least 4 members (excludes halogenated alkanes) is 1. The van der Waals surface area contributed by atoms with Crippen molar-refractivity contribution in [2.45, 2.75) is 151 Å². The van der Waals surface area contributed by atoms with Crippen molar-refractivity contribution in [3.05, 3.63) is 203 Å². The number of aromatic amines is 1. The molecule has 1 aromatic heterocycles. The molecule has 0 bridgehead atoms. The second kappa shape index (κ2) is 48.0. The Balaban J connectivity index is 1.20. The Morgan fingerprint density at radius 3 is 1.44 bits per heavy atom. The number of nitrogens with zero attached hydrogens (tertiary/aromatic N) is 5. The van der Waals surface area contributed by atoms with Crippen LogP contribution in [0.15, 0.2) is 170 Å². The van der Waals surface area contributed by atoms with Crippen molar-refractivity contribution in [2.75, 3.05) is 72.9 Å². The summed E-state index contributed by atoms with van der Waals surface area (Å²) in [6, 6.07) is 26.6. The van der Waals surface area contributed by atoms with E-state index >= 15 is 28.8 Å². The first-order chi connectivity index (χ1) is 60.5. The van der Waals surface area contributed by atoms with Crippen molar-refractivity contribution >= 4 is 117 Å². The van der Waals surface area contributed by atoms with E-state index in [1.165, 1.54) is 83.8 Å². The van der Waals surface area contributed by atoms with Crippen molar-refractivity contribution in [2.24, 2.45) is 17.4 Å². The second-order valence-electron chi connectivity index (χ2n) is 31.7. The lowest BCUT2D eigenvalue weighted by molar-refractivity contribution is -0.151. The lowest BCUT2D eigenvalue weighted by Crippen LogP contribution is -2.61. The molecule has 0 radical (unpaired) electrons. The van der Waals surface area contributed by atoms with Crippen molar-refractivity contribution < 1.29 is 92.0 Å². The number of thioether (sulfide) groups is 1. The number of amides is 15. The number of benzene rings is 6. The summed E-state index contributed by atoms with van der Waals surface area (Å²) in [6.07, 6.45) is 0.0628. The number of rotatable bonds is 22. The summed E-state index contributed by atoms with van der Waals surface area (Å²) < 4.78 is 0. The van der Waals surface area contributed by atoms with Crippen molar-refractivity contribution in [1.29, 1.82) is 0 Å². The van der Waals surface area contributed by atoms with E-state index in [9.17, 15) is 63.3 Å². The number of hydrogen-bond acceptors (Lipinski definition) is 20. The molecule has 7 aromatic rings. The van der Waals surface area contributed by atoms with Gasteiger partial charge in [-0.05, 0) is 76.1 Å². The molecule has 17 N–H and O–H groups in total. The summed E-state index contributed by atoms with van der Waals surface area (Å²) in [7, 11) is 6.49. The monoisotopic (exact) mass is 1770 g/mol. The Kier molecular flexibility index (Phi) is 37.3. The molecule has 0 saturated carbocycles. The Morgan fingerprint density at radius 1 is 0.465 bits per heavy atom. The minimum absolute atomic E-state index is 0.0250. The second-order valence-corrected chi connectivity index (χ2v) is 32.7. The maximum atomic E-state index is 15.5. The minimum Gasteiger partial charge on any atom is -0.508 e. The molecule has 2 heterocycles. The highest BCUT2D eigenvalue weighted by molar-refractivity contribution is 8.00. The van der Waals surface area contributed by atoms with Crippen molar-refractivity contribution in [1.82, 2.24) is 77.3 Å². The average Bonchev–Trinajstić information content (AvgIpc) is 1.71. The van der Waals surface area contributed by atoms with Gasteiger partial charge in [-0.2, -0.15) is 0 Å². The highest BCUT2D eigenvalue weighted by Crippen LogP contribution is 2.24. The van der Waals surface area contributed by atoms with Crippen LogP contribution in [0.2, 0.25) is 0 Å². The number of H-pyrrole nitrogens is 1. The van der Waals surface area contributed by atoms with Gasteiger partial charge >= 0.3 is 5.97 Å². The van der Waals surface area contributed by atoms with Gasteiger partial charge in [-0.1, -0.05) is 167 Å². The standard InChI is InChI=1S/C90H113N17O19S/c1-9-10-30-71-88(124)104(5)50-76(112)96-66(45-78(114)115)83(119)102-79(53(2)3)90(126)106(7)72(42-55-24-16-12-17-25-55)85(121)99-67(41-58-33-37-61(109)38-34-58)86(122)103(4)49-75(111)95-65(44-59-47-93-63-29-21-20-28-62(59)63)82(118)98-64(39-57-31-35-60(108)36-32-57)81(117)100-69(46-91)84(120)101-70(80(116)94-48-74(92)110)51-127-52-77(113)97-68(40-54-22-14-11-15-23-54)87(123)107(8)73(89(125)105(71)6)43-56-26-18-13-19-27-56/h11-29,31-38,47,53,64-73,79,93,108-109H,9-10,30,39-46,48-52,91H2,1-8H3,(H2,92,110)(H,94,116)(H,95,111)(H,96,112)(H,97,113)(H,98,118)(H,99,121)(H,100,117)(H,101,120)(H,102,119)(H,114,115)/t64?,65-,66-,67-,68-,69-,70-,71-,72-,73-,79-/m0/s1. The predicted molar refractivity (Wildman–Crippen MR) is 472 cm³/mol. The van der Waals surface area contributed by atoms with Crippen molar-refractivity contribution in [3.63, 3.8) is 0 Å². The Hall–Kier alpha value is -13.7. The average molecular weight is 1770 g/mol. The van der Waals surface area contributed by atoms with Gasteiger partial charge in [0, 0.05) is 103 Å². The van der Waals surface area contributed by atoms with E-state index in [0.717, 1.165) is 36.3 Å². The molecule has 1 aliphatic heterocycles. The first-order valence-electron chi connectivity index (χ1n) is 41.5. The molecule has 0 spiro atoms. The molecule has 6 aromatic carbocycles. The molecule has 678 valence electrons. The maximum Gasteiger partial charge on any atom is 0.305 e. The molecule has 1 unspecified atom stereocenters. The number of carbonyl (C=O) groups is 16. The van der Waals surface area contributed by atoms with Gasteiger partial charge in [-0.3, -0.25) is 76.7 Å². The van der Waals surface area contributed by atoms with Crippen LogP contribution >= 0.6 is 11.8 Å². The molecule has 36 nitrogen and oxygen atoms in total. The molecule has 0 aliphatic carbocycles. The van der Waals surface area contributed by atoms with E-state index in [0.29, 0.717) is 57.1 Å². The summed E-state index contributed by atoms with van der Waals surface area (Å²) in [4.78, 5) is 242. The van der Waals surface area contributed by atoms with E-state index in [1.54, 1.807) is 135 Å². The normalized spacial score (nSPS) is 22.0. The van der Waals surface area contributed by atoms with E-state index in [1.807, 2.05) is 6.92 Å². The van der Waals surface area contributed by atoms with Crippen molar-refractivity contribution in [3.8, 4) is 11.5 Å². The lowest BCUT2D eigenvalue weighted by Gasteiger charge is -2.37. The largest absolute Gasteiger partial charge is 0.508 e. The fraction of sp³-hybridized carbons (Fsp3) is 0.400. The molecule has 127 heavy (non-hydrogen) atoms. The number of aliphatic carboxylic acids is 1.